The number of nitrogens with one attached hydrogen (secondary N) is 2. The van der Waals surface area contributed by atoms with E-state index in [-0.39, 0.29) is 25.2 Å². The highest BCUT2D eigenvalue weighted by Gasteiger charge is 2.32. The monoisotopic (exact) mass is 410 g/mol. The summed E-state index contributed by atoms with van der Waals surface area (Å²) in [6, 6.07) is 10.9. The number of hydrogen-bond acceptors (Lipinski definition) is 5. The van der Waals surface area contributed by atoms with Gasteiger partial charge in [0, 0.05) is 23.4 Å². The molecule has 1 heterocycles. The molecular formula is C22H22N2O6. The maximum Gasteiger partial charge on any atom is 0.305 e. The number of amides is 2. The first-order valence-corrected chi connectivity index (χ1v) is 9.42. The quantitative estimate of drug-likeness (QED) is 0.673. The number of hydrogen-bond donors (Lipinski definition) is 3. The van der Waals surface area contributed by atoms with Gasteiger partial charge in [-0.15, -0.1) is 0 Å². The van der Waals surface area contributed by atoms with E-state index in [4.69, 9.17) is 9.84 Å². The molecule has 0 bridgehead atoms. The van der Waals surface area contributed by atoms with E-state index < -0.39 is 23.4 Å². The van der Waals surface area contributed by atoms with Crippen molar-refractivity contribution in [2.75, 3.05) is 11.9 Å². The normalized spacial score (nSPS) is 14.3. The Bertz CT molecular complexity index is 1010. The second-order valence-electron chi connectivity index (χ2n) is 7.60. The average molecular weight is 410 g/mol. The largest absolute Gasteiger partial charge is 0.487 e. The van der Waals surface area contributed by atoms with Crippen LogP contribution in [0.25, 0.3) is 0 Å². The minimum atomic E-state index is -0.993. The molecule has 8 nitrogen and oxygen atoms in total. The number of carbonyl (C=O) groups is 4. The van der Waals surface area contributed by atoms with Crippen LogP contribution in [-0.2, 0) is 4.79 Å². The van der Waals surface area contributed by atoms with Crippen molar-refractivity contribution < 1.29 is 29.0 Å². The molecule has 0 fully saturated rings. The molecule has 2 aromatic carbocycles. The third-order valence-corrected chi connectivity index (χ3v) is 4.54. The third kappa shape index (κ3) is 5.02. The summed E-state index contributed by atoms with van der Waals surface area (Å²) in [5, 5.41) is 13.8. The van der Waals surface area contributed by atoms with Gasteiger partial charge in [0.2, 0.25) is 0 Å². The molecule has 0 spiro atoms. The van der Waals surface area contributed by atoms with Gasteiger partial charge in [0.25, 0.3) is 11.8 Å². The summed E-state index contributed by atoms with van der Waals surface area (Å²) in [6.07, 6.45) is 0.0762. The number of ether oxygens (including phenoxy) is 1. The number of carboxylic acids is 1. The molecule has 2 aromatic rings. The Morgan fingerprint density at radius 2 is 1.70 bits per heavy atom. The number of carboxylic acid groups (broad SMARTS) is 1. The first-order chi connectivity index (χ1) is 14.1. The Balaban J connectivity index is 1.65. The van der Waals surface area contributed by atoms with E-state index in [0.717, 1.165) is 0 Å². The number of Topliss-reactive ketones (excluding diaryl/α,β-unsaturated/α-hetero) is 1. The van der Waals surface area contributed by atoms with Gasteiger partial charge in [-0.1, -0.05) is 0 Å². The van der Waals surface area contributed by atoms with Crippen molar-refractivity contribution in [1.82, 2.24) is 5.32 Å². The second-order valence-corrected chi connectivity index (χ2v) is 7.60. The summed E-state index contributed by atoms with van der Waals surface area (Å²) >= 11 is 0. The lowest BCUT2D eigenvalue weighted by Crippen LogP contribution is -2.36. The van der Waals surface area contributed by atoms with E-state index in [2.05, 4.69) is 10.6 Å². The summed E-state index contributed by atoms with van der Waals surface area (Å²) < 4.78 is 5.80. The molecule has 156 valence electrons. The first-order valence-electron chi connectivity index (χ1n) is 9.42. The lowest BCUT2D eigenvalue weighted by Gasteiger charge is -2.31. The van der Waals surface area contributed by atoms with Gasteiger partial charge >= 0.3 is 5.97 Å². The number of rotatable bonds is 6. The van der Waals surface area contributed by atoms with E-state index in [0.29, 0.717) is 28.1 Å². The molecule has 3 N–H and O–H groups in total. The van der Waals surface area contributed by atoms with Crippen LogP contribution in [0.3, 0.4) is 0 Å². The smallest absolute Gasteiger partial charge is 0.305 e. The summed E-state index contributed by atoms with van der Waals surface area (Å²) in [5.74, 6) is -1.40. The van der Waals surface area contributed by atoms with Crippen molar-refractivity contribution in [3.8, 4) is 5.75 Å². The zero-order valence-electron chi connectivity index (χ0n) is 16.7. The molecule has 0 aliphatic carbocycles. The van der Waals surface area contributed by atoms with Crippen molar-refractivity contribution in [2.24, 2.45) is 0 Å². The molecule has 2 amide bonds. The van der Waals surface area contributed by atoms with Crippen LogP contribution in [-0.4, -0.2) is 40.8 Å². The molecule has 0 saturated heterocycles. The van der Waals surface area contributed by atoms with Crippen molar-refractivity contribution in [1.29, 1.82) is 0 Å². The topological polar surface area (TPSA) is 122 Å². The Morgan fingerprint density at radius 1 is 1.03 bits per heavy atom. The molecule has 30 heavy (non-hydrogen) atoms. The Hall–Kier alpha value is -3.68. The fourth-order valence-electron chi connectivity index (χ4n) is 3.09. The summed E-state index contributed by atoms with van der Waals surface area (Å²) in [5.41, 5.74) is 0.951. The van der Waals surface area contributed by atoms with Crippen LogP contribution in [0.5, 0.6) is 5.75 Å². The zero-order chi connectivity index (χ0) is 21.9. The first kappa shape index (κ1) is 21.0. The van der Waals surface area contributed by atoms with Crippen molar-refractivity contribution in [3.05, 3.63) is 59.2 Å². The molecule has 0 atom stereocenters. The van der Waals surface area contributed by atoms with Crippen molar-refractivity contribution in [3.63, 3.8) is 0 Å². The maximum absolute atomic E-state index is 12.6. The molecule has 0 radical (unpaired) electrons. The SMILES string of the molecule is CC1(C)CC(=O)c2cc(C(=O)Nc3ccc(C(=O)NCCC(=O)O)cc3)ccc2O1. The molecular weight excluding hydrogens is 388 g/mol. The molecule has 1 aliphatic rings. The minimum Gasteiger partial charge on any atom is -0.487 e. The van der Waals surface area contributed by atoms with Crippen LogP contribution in [0.1, 0.15) is 57.8 Å². The fourth-order valence-corrected chi connectivity index (χ4v) is 3.09. The van der Waals surface area contributed by atoms with Crippen LogP contribution < -0.4 is 15.4 Å². The van der Waals surface area contributed by atoms with Gasteiger partial charge in [-0.2, -0.15) is 0 Å². The number of fused-ring (bicyclic) bond motifs is 1. The number of anilines is 1. The Kier molecular flexibility index (Phi) is 5.86. The van der Waals surface area contributed by atoms with E-state index >= 15 is 0 Å². The average Bonchev–Trinajstić information content (AvgIpc) is 2.67. The highest BCUT2D eigenvalue weighted by atomic mass is 16.5. The predicted molar refractivity (Wildman–Crippen MR) is 109 cm³/mol. The van der Waals surface area contributed by atoms with Crippen LogP contribution in [0.4, 0.5) is 5.69 Å². The molecule has 1 aliphatic heterocycles. The third-order valence-electron chi connectivity index (χ3n) is 4.54. The van der Waals surface area contributed by atoms with Gasteiger partial charge < -0.3 is 20.5 Å². The Morgan fingerprint density at radius 3 is 2.37 bits per heavy atom. The lowest BCUT2D eigenvalue weighted by molar-refractivity contribution is -0.136. The Labute approximate surface area is 173 Å². The van der Waals surface area contributed by atoms with Gasteiger partial charge in [0.05, 0.1) is 18.4 Å². The van der Waals surface area contributed by atoms with Crippen molar-refractivity contribution in [2.45, 2.75) is 32.3 Å². The molecule has 0 aromatic heterocycles. The minimum absolute atomic E-state index is 0.0323. The van der Waals surface area contributed by atoms with E-state index in [1.807, 2.05) is 13.8 Å². The summed E-state index contributed by atoms with van der Waals surface area (Å²) in [7, 11) is 0. The van der Waals surface area contributed by atoms with E-state index in [1.54, 1.807) is 24.3 Å². The van der Waals surface area contributed by atoms with Crippen LogP contribution in [0, 0.1) is 0 Å². The van der Waals surface area contributed by atoms with Crippen LogP contribution in [0.2, 0.25) is 0 Å². The number of aliphatic carboxylic acids is 1. The standard InChI is InChI=1S/C22H22N2O6/c1-22(2)12-17(25)16-11-14(5-8-18(16)30-22)21(29)24-15-6-3-13(4-7-15)20(28)23-10-9-19(26)27/h3-8,11H,9-10,12H2,1-2H3,(H,23,28)(H,24,29)(H,26,27). The highest BCUT2D eigenvalue weighted by molar-refractivity contribution is 6.08. The number of ketones is 1. The summed E-state index contributed by atoms with van der Waals surface area (Å²) in [6.45, 7) is 3.71. The van der Waals surface area contributed by atoms with Crippen molar-refractivity contribution >= 4 is 29.3 Å². The molecule has 0 saturated carbocycles. The van der Waals surface area contributed by atoms with E-state index in [9.17, 15) is 19.2 Å². The molecule has 0 unspecified atom stereocenters. The van der Waals surface area contributed by atoms with Gasteiger partial charge in [0.15, 0.2) is 5.78 Å². The highest BCUT2D eigenvalue weighted by Crippen LogP contribution is 2.33. The maximum atomic E-state index is 12.6. The number of benzene rings is 2. The van der Waals surface area contributed by atoms with Crippen LogP contribution >= 0.6 is 0 Å². The van der Waals surface area contributed by atoms with Gasteiger partial charge in [-0.05, 0) is 56.3 Å². The summed E-state index contributed by atoms with van der Waals surface area (Å²) in [4.78, 5) is 47.4. The number of carbonyl (C=O) groups excluding carboxylic acids is 3. The molecule has 8 heteroatoms. The van der Waals surface area contributed by atoms with Gasteiger partial charge in [-0.25, -0.2) is 0 Å². The van der Waals surface area contributed by atoms with E-state index in [1.165, 1.54) is 18.2 Å². The second kappa shape index (κ2) is 8.36. The predicted octanol–water partition coefficient (Wildman–Crippen LogP) is 2.89. The lowest BCUT2D eigenvalue weighted by atomic mass is 9.92. The van der Waals surface area contributed by atoms with Gasteiger partial charge in [0.1, 0.15) is 11.4 Å². The fraction of sp³-hybridized carbons (Fsp3) is 0.273. The zero-order valence-corrected chi connectivity index (χ0v) is 16.7. The van der Waals surface area contributed by atoms with Crippen LogP contribution in [0.15, 0.2) is 42.5 Å². The van der Waals surface area contributed by atoms with Gasteiger partial charge in [-0.3, -0.25) is 19.2 Å². The molecule has 3 rings (SSSR count).